The Bertz CT molecular complexity index is 866. The first-order valence-corrected chi connectivity index (χ1v) is 9.26. The fourth-order valence-corrected chi connectivity index (χ4v) is 3.03. The number of hydrogen-bond acceptors (Lipinski definition) is 2. The molecule has 0 bridgehead atoms. The largest absolute Gasteiger partial charge is 0.248 e. The second-order valence-corrected chi connectivity index (χ2v) is 6.99. The van der Waals surface area contributed by atoms with Crippen LogP contribution in [0.1, 0.15) is 11.1 Å². The number of para-hydroxylation sites is 1. The minimum absolute atomic E-state index is 0.723. The third kappa shape index (κ3) is 5.35. The third-order valence-corrected chi connectivity index (χ3v) is 4.67. The molecule has 0 N–H and O–H groups in total. The van der Waals surface area contributed by atoms with Gasteiger partial charge < -0.3 is 0 Å². The van der Waals surface area contributed by atoms with Crippen LogP contribution in [0, 0.1) is 6.92 Å². The number of thioether (sulfide) groups is 1. The molecule has 124 valence electrons. The van der Waals surface area contributed by atoms with E-state index in [4.69, 9.17) is 16.6 Å². The summed E-state index contributed by atoms with van der Waals surface area (Å²) in [6.07, 6.45) is 2.04. The van der Waals surface area contributed by atoms with E-state index in [0.29, 0.717) is 0 Å². The standard InChI is InChI=1S/C22H18ClNS/c1-17-7-13-21(14-8-17)25-16-15-22(18-9-11-19(23)12-10-18)24-20-5-3-2-4-6-20/h2-16H,1H3. The Balaban J connectivity index is 1.85. The highest BCUT2D eigenvalue weighted by Gasteiger charge is 2.01. The number of benzene rings is 3. The summed E-state index contributed by atoms with van der Waals surface area (Å²) in [5, 5.41) is 2.79. The van der Waals surface area contributed by atoms with Crippen LogP contribution in [0.15, 0.2) is 100 Å². The van der Waals surface area contributed by atoms with Crippen molar-refractivity contribution < 1.29 is 0 Å². The molecule has 3 heteroatoms. The number of nitrogens with zero attached hydrogens (tertiary/aromatic N) is 1. The van der Waals surface area contributed by atoms with E-state index in [1.807, 2.05) is 60.7 Å². The summed E-state index contributed by atoms with van der Waals surface area (Å²) in [6.45, 7) is 2.09. The summed E-state index contributed by atoms with van der Waals surface area (Å²) in [7, 11) is 0. The molecule has 0 aliphatic carbocycles. The maximum Gasteiger partial charge on any atom is 0.0714 e. The summed E-state index contributed by atoms with van der Waals surface area (Å²) in [5.41, 5.74) is 4.13. The van der Waals surface area contributed by atoms with Crippen LogP contribution in [-0.4, -0.2) is 5.71 Å². The van der Waals surface area contributed by atoms with Gasteiger partial charge in [-0.15, -0.1) is 0 Å². The third-order valence-electron chi connectivity index (χ3n) is 3.60. The highest BCUT2D eigenvalue weighted by molar-refractivity contribution is 8.02. The number of allylic oxidation sites excluding steroid dienone is 1. The fraction of sp³-hybridized carbons (Fsp3) is 0.0455. The fourth-order valence-electron chi connectivity index (χ4n) is 2.25. The molecule has 0 atom stereocenters. The Hall–Kier alpha value is -2.29. The summed E-state index contributed by atoms with van der Waals surface area (Å²) >= 11 is 7.69. The maximum absolute atomic E-state index is 6.01. The van der Waals surface area contributed by atoms with Crippen molar-refractivity contribution >= 4 is 34.8 Å². The number of hydrogen-bond donors (Lipinski definition) is 0. The molecule has 0 heterocycles. The number of aliphatic imine (C=N–C) groups is 1. The van der Waals surface area contributed by atoms with Crippen LogP contribution in [0.25, 0.3) is 0 Å². The lowest BCUT2D eigenvalue weighted by Gasteiger charge is -2.03. The lowest BCUT2D eigenvalue weighted by molar-refractivity contribution is 1.38. The van der Waals surface area contributed by atoms with Crippen molar-refractivity contribution in [2.24, 2.45) is 4.99 Å². The molecule has 0 aromatic heterocycles. The highest BCUT2D eigenvalue weighted by Crippen LogP contribution is 2.21. The Kier molecular flexibility index (Phi) is 6.10. The zero-order chi connectivity index (χ0) is 17.5. The average molecular weight is 364 g/mol. The first kappa shape index (κ1) is 17.5. The van der Waals surface area contributed by atoms with Crippen LogP contribution in [0.2, 0.25) is 5.02 Å². The second kappa shape index (κ2) is 8.70. The predicted molar refractivity (Wildman–Crippen MR) is 110 cm³/mol. The zero-order valence-electron chi connectivity index (χ0n) is 13.9. The van der Waals surface area contributed by atoms with Gasteiger partial charge in [0, 0.05) is 15.5 Å². The van der Waals surface area contributed by atoms with Gasteiger partial charge in [-0.25, -0.2) is 4.99 Å². The summed E-state index contributed by atoms with van der Waals surface area (Å²) < 4.78 is 0. The molecule has 3 aromatic carbocycles. The Morgan fingerprint density at radius 1 is 0.880 bits per heavy atom. The summed E-state index contributed by atoms with van der Waals surface area (Å²) in [5.74, 6) is 0. The monoisotopic (exact) mass is 363 g/mol. The van der Waals surface area contributed by atoms with Gasteiger partial charge in [0.05, 0.1) is 11.4 Å². The van der Waals surface area contributed by atoms with E-state index in [1.54, 1.807) is 11.8 Å². The zero-order valence-corrected chi connectivity index (χ0v) is 15.5. The van der Waals surface area contributed by atoms with Crippen LogP contribution in [0.4, 0.5) is 5.69 Å². The molecule has 3 rings (SSSR count). The topological polar surface area (TPSA) is 12.4 Å². The second-order valence-electron chi connectivity index (χ2n) is 5.57. The molecule has 0 fully saturated rings. The quantitative estimate of drug-likeness (QED) is 0.348. The lowest BCUT2D eigenvalue weighted by Crippen LogP contribution is -1.95. The van der Waals surface area contributed by atoms with Crippen LogP contribution < -0.4 is 0 Å². The van der Waals surface area contributed by atoms with Crippen molar-refractivity contribution in [2.75, 3.05) is 0 Å². The van der Waals surface area contributed by atoms with E-state index >= 15 is 0 Å². The minimum atomic E-state index is 0.723. The molecular weight excluding hydrogens is 346 g/mol. The normalized spacial score (nSPS) is 11.8. The van der Waals surface area contributed by atoms with Gasteiger partial charge in [0.2, 0.25) is 0 Å². The molecule has 1 nitrogen and oxygen atoms in total. The van der Waals surface area contributed by atoms with Crippen LogP contribution in [0.3, 0.4) is 0 Å². The van der Waals surface area contributed by atoms with Crippen molar-refractivity contribution in [3.05, 3.63) is 106 Å². The minimum Gasteiger partial charge on any atom is -0.248 e. The lowest BCUT2D eigenvalue weighted by atomic mass is 10.1. The van der Waals surface area contributed by atoms with Gasteiger partial charge in [-0.2, -0.15) is 0 Å². The van der Waals surface area contributed by atoms with Gasteiger partial charge in [-0.05, 0) is 54.8 Å². The molecule has 0 radical (unpaired) electrons. The van der Waals surface area contributed by atoms with E-state index in [0.717, 1.165) is 22.0 Å². The predicted octanol–water partition coefficient (Wildman–Crippen LogP) is 7.08. The van der Waals surface area contributed by atoms with Crippen molar-refractivity contribution in [3.8, 4) is 0 Å². The van der Waals surface area contributed by atoms with Crippen LogP contribution >= 0.6 is 23.4 Å². The molecule has 0 amide bonds. The van der Waals surface area contributed by atoms with E-state index < -0.39 is 0 Å². The highest BCUT2D eigenvalue weighted by atomic mass is 35.5. The van der Waals surface area contributed by atoms with Crippen LogP contribution in [0.5, 0.6) is 0 Å². The smallest absolute Gasteiger partial charge is 0.0714 e. The molecule has 0 unspecified atom stereocenters. The summed E-state index contributed by atoms with van der Waals surface area (Å²) in [4.78, 5) is 5.98. The van der Waals surface area contributed by atoms with E-state index in [2.05, 4.69) is 36.6 Å². The Morgan fingerprint density at radius 2 is 1.56 bits per heavy atom. The maximum atomic E-state index is 6.01. The SMILES string of the molecule is Cc1ccc(SC=CC(=Nc2ccccc2)c2ccc(Cl)cc2)cc1. The van der Waals surface area contributed by atoms with Gasteiger partial charge in [0.1, 0.15) is 0 Å². The molecule has 0 spiro atoms. The number of rotatable bonds is 5. The van der Waals surface area contributed by atoms with Gasteiger partial charge in [0.15, 0.2) is 0 Å². The van der Waals surface area contributed by atoms with Gasteiger partial charge in [0.25, 0.3) is 0 Å². The molecule has 0 aliphatic heterocycles. The Morgan fingerprint density at radius 3 is 2.24 bits per heavy atom. The number of aryl methyl sites for hydroxylation is 1. The van der Waals surface area contributed by atoms with E-state index in [1.165, 1.54) is 10.5 Å². The van der Waals surface area contributed by atoms with Gasteiger partial charge >= 0.3 is 0 Å². The molecule has 3 aromatic rings. The van der Waals surface area contributed by atoms with Gasteiger partial charge in [-0.3, -0.25) is 0 Å². The molecule has 0 aliphatic rings. The van der Waals surface area contributed by atoms with Crippen molar-refractivity contribution in [1.29, 1.82) is 0 Å². The van der Waals surface area contributed by atoms with Crippen molar-refractivity contribution in [1.82, 2.24) is 0 Å². The summed E-state index contributed by atoms with van der Waals surface area (Å²) in [6, 6.07) is 26.2. The molecule has 0 saturated carbocycles. The van der Waals surface area contributed by atoms with E-state index in [-0.39, 0.29) is 0 Å². The molecule has 25 heavy (non-hydrogen) atoms. The first-order chi connectivity index (χ1) is 12.2. The van der Waals surface area contributed by atoms with Gasteiger partial charge in [-0.1, -0.05) is 71.4 Å². The Labute approximate surface area is 158 Å². The average Bonchev–Trinajstić information content (AvgIpc) is 2.64. The molecule has 0 saturated heterocycles. The number of halogens is 1. The molecular formula is C22H18ClNS. The first-order valence-electron chi connectivity index (χ1n) is 8.00. The van der Waals surface area contributed by atoms with Crippen LogP contribution in [-0.2, 0) is 0 Å². The van der Waals surface area contributed by atoms with E-state index in [9.17, 15) is 0 Å². The van der Waals surface area contributed by atoms with Crippen molar-refractivity contribution in [3.63, 3.8) is 0 Å². The van der Waals surface area contributed by atoms with Crippen molar-refractivity contribution in [2.45, 2.75) is 11.8 Å².